The minimum Gasteiger partial charge on any atom is -0.505 e. The van der Waals surface area contributed by atoms with Gasteiger partial charge in [-0.15, -0.1) is 10.2 Å². The molecule has 0 saturated heterocycles. The van der Waals surface area contributed by atoms with Crippen LogP contribution in [-0.2, 0) is 20.2 Å². The molecule has 0 radical (unpaired) electrons. The molecule has 0 fully saturated rings. The second kappa shape index (κ2) is 8.08. The SMILES string of the molecule is CNc1ccc2c(O)c(N=Nc3ccc4ccccc4c3S(=O)(=O)O)c(S(=O)(=O)O)cc2c1. The van der Waals surface area contributed by atoms with E-state index in [9.17, 15) is 31.0 Å². The quantitative estimate of drug-likeness (QED) is 0.233. The van der Waals surface area contributed by atoms with Crippen molar-refractivity contribution in [2.24, 2.45) is 10.2 Å². The molecule has 0 amide bonds. The van der Waals surface area contributed by atoms with Crippen LogP contribution >= 0.6 is 0 Å². The third-order valence-electron chi connectivity index (χ3n) is 4.99. The van der Waals surface area contributed by atoms with E-state index in [1.54, 1.807) is 43.4 Å². The third-order valence-corrected chi connectivity index (χ3v) is 6.80. The summed E-state index contributed by atoms with van der Waals surface area (Å²) in [6.45, 7) is 0. The number of hydrogen-bond donors (Lipinski definition) is 4. The topological polar surface area (TPSA) is 166 Å². The Kier molecular flexibility index (Phi) is 5.54. The normalized spacial score (nSPS) is 12.6. The van der Waals surface area contributed by atoms with Crippen molar-refractivity contribution in [2.75, 3.05) is 12.4 Å². The molecule has 4 rings (SSSR count). The van der Waals surface area contributed by atoms with Gasteiger partial charge in [-0.05, 0) is 41.1 Å². The minimum absolute atomic E-state index is 0.175. The fourth-order valence-corrected chi connectivity index (χ4v) is 4.98. The Bertz CT molecular complexity index is 1660. The Balaban J connectivity index is 1.99. The first-order chi connectivity index (χ1) is 15.5. The van der Waals surface area contributed by atoms with E-state index in [1.165, 1.54) is 18.2 Å². The van der Waals surface area contributed by atoms with Gasteiger partial charge in [-0.2, -0.15) is 16.8 Å². The number of nitrogens with one attached hydrogen (secondary N) is 1. The van der Waals surface area contributed by atoms with Crippen LogP contribution in [0.3, 0.4) is 0 Å². The summed E-state index contributed by atoms with van der Waals surface area (Å²) in [6, 6.07) is 15.0. The standard InChI is InChI=1S/C21H17N3O7S2/c1-22-14-7-8-15-13(10-14)11-18(32(26,27)28)19(20(15)25)24-23-17-9-6-12-4-2-3-5-16(12)21(17)33(29,30)31/h2-11,22,25H,1H3,(H,26,27,28)(H,29,30,31). The first kappa shape index (κ1) is 22.6. The van der Waals surface area contributed by atoms with Crippen LogP contribution in [0.25, 0.3) is 21.5 Å². The van der Waals surface area contributed by atoms with Gasteiger partial charge in [-0.3, -0.25) is 9.11 Å². The summed E-state index contributed by atoms with van der Waals surface area (Å²) in [6.07, 6.45) is 0. The summed E-state index contributed by atoms with van der Waals surface area (Å²) in [7, 11) is -7.94. The van der Waals surface area contributed by atoms with Gasteiger partial charge in [0.05, 0.1) is 0 Å². The van der Waals surface area contributed by atoms with Crippen LogP contribution in [0.2, 0.25) is 0 Å². The molecule has 0 aliphatic carbocycles. The average Bonchev–Trinajstić information content (AvgIpc) is 2.76. The molecule has 4 aromatic carbocycles. The van der Waals surface area contributed by atoms with Crippen LogP contribution in [0.15, 0.2) is 80.7 Å². The lowest BCUT2D eigenvalue weighted by Gasteiger charge is -2.11. The average molecular weight is 488 g/mol. The fourth-order valence-electron chi connectivity index (χ4n) is 3.49. The Hall–Kier alpha value is -3.58. The number of aromatic hydroxyl groups is 1. The van der Waals surface area contributed by atoms with Crippen LogP contribution in [0.4, 0.5) is 17.1 Å². The van der Waals surface area contributed by atoms with E-state index in [4.69, 9.17) is 0 Å². The highest BCUT2D eigenvalue weighted by atomic mass is 32.2. The number of nitrogens with zero attached hydrogens (tertiary/aromatic N) is 2. The molecule has 0 unspecified atom stereocenters. The van der Waals surface area contributed by atoms with E-state index >= 15 is 0 Å². The van der Waals surface area contributed by atoms with Crippen molar-refractivity contribution < 1.29 is 31.0 Å². The number of phenolic OH excluding ortho intramolecular Hbond substituents is 1. The van der Waals surface area contributed by atoms with Crippen molar-refractivity contribution in [3.63, 3.8) is 0 Å². The smallest absolute Gasteiger partial charge is 0.297 e. The molecule has 33 heavy (non-hydrogen) atoms. The highest BCUT2D eigenvalue weighted by Gasteiger charge is 2.23. The van der Waals surface area contributed by atoms with Crippen molar-refractivity contribution in [3.8, 4) is 5.75 Å². The number of phenols is 1. The Morgan fingerprint density at radius 2 is 1.52 bits per heavy atom. The number of rotatable bonds is 5. The van der Waals surface area contributed by atoms with Gasteiger partial charge in [-0.1, -0.05) is 30.3 Å². The molecule has 4 aromatic rings. The zero-order valence-corrected chi connectivity index (χ0v) is 18.6. The predicted octanol–water partition coefficient (Wildman–Crippen LogP) is 4.65. The molecule has 0 heterocycles. The number of benzene rings is 4. The van der Waals surface area contributed by atoms with Crippen molar-refractivity contribution in [1.82, 2.24) is 0 Å². The summed E-state index contributed by atoms with van der Waals surface area (Å²) in [5.41, 5.74) is -0.245. The fraction of sp³-hybridized carbons (Fsp3) is 0.0476. The lowest BCUT2D eigenvalue weighted by atomic mass is 10.1. The summed E-state index contributed by atoms with van der Waals surface area (Å²) >= 11 is 0. The zero-order valence-electron chi connectivity index (χ0n) is 17.0. The van der Waals surface area contributed by atoms with E-state index in [2.05, 4.69) is 15.5 Å². The van der Waals surface area contributed by atoms with Gasteiger partial charge in [0.2, 0.25) is 0 Å². The molecular formula is C21H17N3O7S2. The van der Waals surface area contributed by atoms with Crippen molar-refractivity contribution in [1.29, 1.82) is 0 Å². The van der Waals surface area contributed by atoms with Crippen LogP contribution in [0, 0.1) is 0 Å². The van der Waals surface area contributed by atoms with Crippen molar-refractivity contribution >= 4 is 58.8 Å². The van der Waals surface area contributed by atoms with Gasteiger partial charge in [0.15, 0.2) is 5.75 Å². The van der Waals surface area contributed by atoms with E-state index < -0.39 is 41.5 Å². The molecule has 170 valence electrons. The van der Waals surface area contributed by atoms with Crippen LogP contribution in [0.1, 0.15) is 0 Å². The largest absolute Gasteiger partial charge is 0.505 e. The highest BCUT2D eigenvalue weighted by molar-refractivity contribution is 7.86. The van der Waals surface area contributed by atoms with Crippen LogP contribution in [-0.4, -0.2) is 38.1 Å². The molecule has 0 aliphatic heterocycles. The van der Waals surface area contributed by atoms with Crippen molar-refractivity contribution in [2.45, 2.75) is 9.79 Å². The summed E-state index contributed by atoms with van der Waals surface area (Å²) in [5, 5.41) is 22.4. The maximum atomic E-state index is 12.1. The first-order valence-electron chi connectivity index (χ1n) is 9.36. The summed E-state index contributed by atoms with van der Waals surface area (Å²) in [5.74, 6) is -0.583. The van der Waals surface area contributed by atoms with Gasteiger partial charge >= 0.3 is 0 Å². The number of fused-ring (bicyclic) bond motifs is 2. The Labute approximate surface area is 188 Å². The highest BCUT2D eigenvalue weighted by Crippen LogP contribution is 2.42. The number of azo groups is 1. The van der Waals surface area contributed by atoms with E-state index in [0.29, 0.717) is 16.5 Å². The number of hydrogen-bond acceptors (Lipinski definition) is 8. The summed E-state index contributed by atoms with van der Waals surface area (Å²) < 4.78 is 67.6. The maximum Gasteiger partial charge on any atom is 0.297 e. The van der Waals surface area contributed by atoms with Gasteiger partial charge < -0.3 is 10.4 Å². The van der Waals surface area contributed by atoms with Gasteiger partial charge in [0.25, 0.3) is 20.2 Å². The monoisotopic (exact) mass is 487 g/mol. The van der Waals surface area contributed by atoms with Gasteiger partial charge in [-0.25, -0.2) is 0 Å². The molecule has 0 bridgehead atoms. The molecule has 0 saturated carbocycles. The molecule has 0 aliphatic rings. The summed E-state index contributed by atoms with van der Waals surface area (Å²) in [4.78, 5) is -1.25. The molecule has 0 aromatic heterocycles. The molecule has 10 nitrogen and oxygen atoms in total. The molecule has 12 heteroatoms. The molecule has 0 atom stereocenters. The second-order valence-electron chi connectivity index (χ2n) is 7.04. The van der Waals surface area contributed by atoms with Crippen LogP contribution in [0.5, 0.6) is 5.75 Å². The van der Waals surface area contributed by atoms with E-state index in [1.807, 2.05) is 0 Å². The Morgan fingerprint density at radius 1 is 0.788 bits per heavy atom. The minimum atomic E-state index is -4.85. The number of anilines is 1. The van der Waals surface area contributed by atoms with Gasteiger partial charge in [0.1, 0.15) is 21.2 Å². The van der Waals surface area contributed by atoms with E-state index in [-0.39, 0.29) is 16.5 Å². The third kappa shape index (κ3) is 4.24. The van der Waals surface area contributed by atoms with Gasteiger partial charge in [0, 0.05) is 23.5 Å². The molecule has 0 spiro atoms. The zero-order chi connectivity index (χ0) is 24.0. The predicted molar refractivity (Wildman–Crippen MR) is 123 cm³/mol. The molecule has 4 N–H and O–H groups in total. The Morgan fingerprint density at radius 3 is 2.18 bits per heavy atom. The van der Waals surface area contributed by atoms with Crippen molar-refractivity contribution in [3.05, 3.63) is 60.7 Å². The molecular weight excluding hydrogens is 470 g/mol. The maximum absolute atomic E-state index is 12.1. The lowest BCUT2D eigenvalue weighted by molar-refractivity contribution is 0.472. The lowest BCUT2D eigenvalue weighted by Crippen LogP contribution is -2.00. The van der Waals surface area contributed by atoms with Crippen LogP contribution < -0.4 is 5.32 Å². The second-order valence-corrected chi connectivity index (χ2v) is 9.79. The first-order valence-corrected chi connectivity index (χ1v) is 12.2. The van der Waals surface area contributed by atoms with E-state index in [0.717, 1.165) is 6.07 Å².